The molecule has 0 saturated carbocycles. The van der Waals surface area contributed by atoms with Crippen LogP contribution in [0, 0.1) is 6.92 Å². The summed E-state index contributed by atoms with van der Waals surface area (Å²) in [5.41, 5.74) is 4.75. The van der Waals surface area contributed by atoms with Crippen LogP contribution in [0.3, 0.4) is 0 Å². The van der Waals surface area contributed by atoms with Crippen LogP contribution >= 0.6 is 0 Å². The Morgan fingerprint density at radius 2 is 2.09 bits per heavy atom. The number of H-pyrrole nitrogens is 2. The highest BCUT2D eigenvalue weighted by molar-refractivity contribution is 6.09. The fraction of sp³-hybridized carbons (Fsp3) is 0.273. The molecule has 1 saturated heterocycles. The van der Waals surface area contributed by atoms with Gasteiger partial charge in [0.2, 0.25) is 0 Å². The van der Waals surface area contributed by atoms with E-state index in [0.29, 0.717) is 28.5 Å². The van der Waals surface area contributed by atoms with Crippen molar-refractivity contribution < 1.29 is 8.78 Å². The third-order valence-electron chi connectivity index (χ3n) is 5.47. The molecule has 4 N–H and O–H groups in total. The number of aromatic amines is 2. The molecule has 1 fully saturated rings. The van der Waals surface area contributed by atoms with Gasteiger partial charge in [-0.25, -0.2) is 13.8 Å². The summed E-state index contributed by atoms with van der Waals surface area (Å²) in [6, 6.07) is 1.84. The zero-order valence-electron chi connectivity index (χ0n) is 17.7. The maximum Gasteiger partial charge on any atom is 0.251 e. The molecule has 4 heterocycles. The van der Waals surface area contributed by atoms with E-state index in [1.54, 1.807) is 18.3 Å². The fourth-order valence-corrected chi connectivity index (χ4v) is 3.77. The Bertz CT molecular complexity index is 1220. The number of hydrogen-bond acceptors (Lipinski definition) is 6. The molecule has 4 rings (SSSR count). The van der Waals surface area contributed by atoms with Crippen molar-refractivity contribution in [2.45, 2.75) is 25.7 Å². The largest absolute Gasteiger partial charge is 0.369 e. The van der Waals surface area contributed by atoms with E-state index < -0.39 is 5.92 Å². The topological polar surface area (TPSA) is 112 Å². The molecule has 8 nitrogen and oxygen atoms in total. The average molecular weight is 438 g/mol. The molecule has 1 aliphatic heterocycles. The highest BCUT2D eigenvalue weighted by atomic mass is 19.3. The number of alkyl halides is 2. The van der Waals surface area contributed by atoms with Crippen molar-refractivity contribution in [1.82, 2.24) is 30.0 Å². The number of allylic oxidation sites excluding steroid dienone is 3. The maximum atomic E-state index is 13.7. The number of hydrazone groups is 1. The van der Waals surface area contributed by atoms with Crippen molar-refractivity contribution >= 4 is 28.4 Å². The number of imidazole rings is 1. The first-order valence-corrected chi connectivity index (χ1v) is 10.1. The highest BCUT2D eigenvalue weighted by Crippen LogP contribution is 2.34. The number of pyridine rings is 1. The molecule has 0 bridgehead atoms. The Labute approximate surface area is 183 Å². The van der Waals surface area contributed by atoms with E-state index in [-0.39, 0.29) is 25.9 Å². The lowest BCUT2D eigenvalue weighted by Gasteiger charge is -2.34. The molecular weight excluding hydrogens is 414 g/mol. The zero-order chi connectivity index (χ0) is 22.9. The number of nitrogens with zero attached hydrogens (tertiary/aromatic N) is 5. The quantitative estimate of drug-likeness (QED) is 0.234. The van der Waals surface area contributed by atoms with Crippen molar-refractivity contribution in [3.63, 3.8) is 0 Å². The van der Waals surface area contributed by atoms with Crippen molar-refractivity contribution in [3.8, 4) is 11.5 Å². The highest BCUT2D eigenvalue weighted by Gasteiger charge is 2.35. The lowest BCUT2D eigenvalue weighted by molar-refractivity contribution is -0.0450. The Morgan fingerprint density at radius 3 is 2.78 bits per heavy atom. The summed E-state index contributed by atoms with van der Waals surface area (Å²) in [4.78, 5) is 14.3. The Kier molecular flexibility index (Phi) is 5.60. The summed E-state index contributed by atoms with van der Waals surface area (Å²) >= 11 is 0. The zero-order valence-corrected chi connectivity index (χ0v) is 17.7. The number of aromatic nitrogens is 5. The first-order chi connectivity index (χ1) is 15.3. The maximum absolute atomic E-state index is 13.7. The molecule has 3 aromatic rings. The van der Waals surface area contributed by atoms with Gasteiger partial charge in [0.15, 0.2) is 5.82 Å². The first kappa shape index (κ1) is 21.4. The lowest BCUT2D eigenvalue weighted by atomic mass is 10.0. The van der Waals surface area contributed by atoms with Crippen LogP contribution in [0.25, 0.3) is 33.7 Å². The normalized spacial score (nSPS) is 16.7. The van der Waals surface area contributed by atoms with E-state index in [0.717, 1.165) is 22.3 Å². The van der Waals surface area contributed by atoms with Gasteiger partial charge in [0.25, 0.3) is 5.92 Å². The van der Waals surface area contributed by atoms with E-state index in [2.05, 4.69) is 38.4 Å². The van der Waals surface area contributed by atoms with Crippen molar-refractivity contribution in [1.29, 1.82) is 0 Å². The Morgan fingerprint density at radius 1 is 1.34 bits per heavy atom. The molecule has 1 aliphatic rings. The predicted molar refractivity (Wildman–Crippen MR) is 122 cm³/mol. The molecule has 0 spiro atoms. The van der Waals surface area contributed by atoms with E-state index in [1.165, 1.54) is 6.21 Å². The van der Waals surface area contributed by atoms with E-state index >= 15 is 0 Å². The van der Waals surface area contributed by atoms with Crippen molar-refractivity contribution in [2.75, 3.05) is 13.1 Å². The van der Waals surface area contributed by atoms with Gasteiger partial charge in [-0.3, -0.25) is 10.1 Å². The van der Waals surface area contributed by atoms with Crippen molar-refractivity contribution in [2.24, 2.45) is 10.9 Å². The van der Waals surface area contributed by atoms with E-state index in [1.807, 2.05) is 17.9 Å². The molecule has 166 valence electrons. The minimum atomic E-state index is -2.63. The van der Waals surface area contributed by atoms with Gasteiger partial charge in [0, 0.05) is 42.6 Å². The third kappa shape index (κ3) is 4.03. The number of likely N-dealkylation sites (tertiary alicyclic amines) is 1. The SMILES string of the molecule is C=C/C=C(\c1nc(-c2n[nH]c3cnc(C(=C)/C=N\N)cc23)[nH]c1C)N1CCC(F)(F)CC1. The van der Waals surface area contributed by atoms with Gasteiger partial charge >= 0.3 is 0 Å². The van der Waals surface area contributed by atoms with Crippen LogP contribution in [0.5, 0.6) is 0 Å². The Hall–Kier alpha value is -3.82. The minimum absolute atomic E-state index is 0.187. The van der Waals surface area contributed by atoms with Crippen LogP contribution in [0.15, 0.2) is 42.7 Å². The van der Waals surface area contributed by atoms with Gasteiger partial charge in [-0.05, 0) is 19.1 Å². The molecule has 10 heteroatoms. The molecule has 0 unspecified atom stereocenters. The number of piperidine rings is 1. The molecule has 0 radical (unpaired) electrons. The molecular formula is C22H24F2N8. The summed E-state index contributed by atoms with van der Waals surface area (Å²) in [6.45, 7) is 10.1. The minimum Gasteiger partial charge on any atom is -0.369 e. The standard InChI is InChI=1S/C22H24F2N8/c1-4-5-18(32-8-6-22(23,24)7-9-32)19-14(3)28-21(29-19)20-15-10-16(13(2)11-27-25)26-12-17(15)30-31-20/h4-5,10-12H,1-2,6-9,25H2,3H3,(H,28,29)(H,30,31)/b18-5+,27-11-. The van der Waals surface area contributed by atoms with Gasteiger partial charge in [-0.2, -0.15) is 10.2 Å². The van der Waals surface area contributed by atoms with Gasteiger partial charge in [0.1, 0.15) is 11.4 Å². The van der Waals surface area contributed by atoms with Gasteiger partial charge in [0.05, 0.1) is 29.3 Å². The summed E-state index contributed by atoms with van der Waals surface area (Å²) < 4.78 is 27.3. The Balaban J connectivity index is 1.72. The molecule has 0 aliphatic carbocycles. The molecule has 0 aromatic carbocycles. The molecule has 0 atom stereocenters. The summed E-state index contributed by atoms with van der Waals surface area (Å²) in [5, 5.41) is 11.7. The second-order valence-corrected chi connectivity index (χ2v) is 7.68. The van der Waals surface area contributed by atoms with E-state index in [4.69, 9.17) is 10.8 Å². The van der Waals surface area contributed by atoms with Gasteiger partial charge < -0.3 is 15.7 Å². The first-order valence-electron chi connectivity index (χ1n) is 10.1. The average Bonchev–Trinajstić information content (AvgIpc) is 3.35. The van der Waals surface area contributed by atoms with Crippen LogP contribution < -0.4 is 5.84 Å². The third-order valence-corrected chi connectivity index (χ3v) is 5.47. The van der Waals surface area contributed by atoms with Crippen LogP contribution in [-0.4, -0.2) is 55.3 Å². The van der Waals surface area contributed by atoms with Crippen LogP contribution in [0.1, 0.15) is 29.9 Å². The number of nitrogens with one attached hydrogen (secondary N) is 2. The number of nitrogens with two attached hydrogens (primary N) is 1. The van der Waals surface area contributed by atoms with Gasteiger partial charge in [-0.1, -0.05) is 19.2 Å². The second kappa shape index (κ2) is 8.37. The molecule has 32 heavy (non-hydrogen) atoms. The molecule has 3 aromatic heterocycles. The number of fused-ring (bicyclic) bond motifs is 1. The second-order valence-electron chi connectivity index (χ2n) is 7.68. The number of rotatable bonds is 6. The predicted octanol–water partition coefficient (Wildman–Crippen LogP) is 3.87. The summed E-state index contributed by atoms with van der Waals surface area (Å²) in [7, 11) is 0. The lowest BCUT2D eigenvalue weighted by Crippen LogP contribution is -2.38. The monoisotopic (exact) mass is 438 g/mol. The summed E-state index contributed by atoms with van der Waals surface area (Å²) in [6.07, 6.45) is 6.16. The number of aryl methyl sites for hydroxylation is 1. The number of halogens is 2. The summed E-state index contributed by atoms with van der Waals surface area (Å²) in [5.74, 6) is 3.15. The van der Waals surface area contributed by atoms with Crippen LogP contribution in [0.2, 0.25) is 0 Å². The van der Waals surface area contributed by atoms with Crippen LogP contribution in [-0.2, 0) is 0 Å². The van der Waals surface area contributed by atoms with Crippen molar-refractivity contribution in [3.05, 3.63) is 54.7 Å². The fourth-order valence-electron chi connectivity index (χ4n) is 3.77. The molecule has 0 amide bonds. The van der Waals surface area contributed by atoms with Crippen LogP contribution in [0.4, 0.5) is 8.78 Å². The van der Waals surface area contributed by atoms with E-state index in [9.17, 15) is 8.78 Å². The number of hydrogen-bond donors (Lipinski definition) is 3. The smallest absolute Gasteiger partial charge is 0.251 e. The van der Waals surface area contributed by atoms with Gasteiger partial charge in [-0.15, -0.1) is 0 Å².